The zero-order valence-corrected chi connectivity index (χ0v) is 14.8. The molecule has 0 spiro atoms. The Hall–Kier alpha value is -1.38. The van der Waals surface area contributed by atoms with Crippen LogP contribution in [0.5, 0.6) is 5.75 Å². The minimum absolute atomic E-state index is 0.197. The fourth-order valence-electron chi connectivity index (χ4n) is 1.38. The van der Waals surface area contributed by atoms with E-state index in [4.69, 9.17) is 14.2 Å². The summed E-state index contributed by atoms with van der Waals surface area (Å²) in [5.74, 6) is 1.77. The molecule has 0 heterocycles. The first-order chi connectivity index (χ1) is 11.1. The first kappa shape index (κ1) is 19.7. The van der Waals surface area contributed by atoms with Gasteiger partial charge in [-0.2, -0.15) is 0 Å². The van der Waals surface area contributed by atoms with E-state index in [0.717, 1.165) is 17.9 Å². The van der Waals surface area contributed by atoms with Gasteiger partial charge in [0.1, 0.15) is 19.0 Å². The molecular weight excluding hydrogens is 338 g/mol. The van der Waals surface area contributed by atoms with E-state index < -0.39 is 6.16 Å². The number of hydrogen-bond donors (Lipinski definition) is 1. The highest BCUT2D eigenvalue weighted by Crippen LogP contribution is 2.20. The molecule has 0 saturated heterocycles. The fraction of sp³-hybridized carbons (Fsp3) is 0.467. The molecule has 0 bridgehead atoms. The minimum Gasteiger partial charge on any atom is -0.461 e. The third-order valence-corrected chi connectivity index (χ3v) is 4.84. The van der Waals surface area contributed by atoms with Crippen molar-refractivity contribution in [3.63, 3.8) is 0 Å². The van der Waals surface area contributed by atoms with Crippen LogP contribution in [0.1, 0.15) is 12.5 Å². The number of benzene rings is 1. The fourth-order valence-corrected chi connectivity index (χ4v) is 3.22. The second kappa shape index (κ2) is 12.1. The lowest BCUT2D eigenvalue weighted by atomic mass is 10.2. The lowest BCUT2D eigenvalue weighted by Gasteiger charge is -2.07. The topological polar surface area (TPSA) is 73.9 Å². The summed E-state index contributed by atoms with van der Waals surface area (Å²) in [4.78, 5) is 22.2. The molecule has 1 N–H and O–H groups in total. The maximum atomic E-state index is 11.5. The highest BCUT2D eigenvalue weighted by molar-refractivity contribution is 8.76. The molecule has 1 aromatic rings. The van der Waals surface area contributed by atoms with E-state index in [9.17, 15) is 9.59 Å². The molecule has 0 aliphatic rings. The smallest absolute Gasteiger partial charge is 0.461 e. The maximum Gasteiger partial charge on any atom is 0.513 e. The summed E-state index contributed by atoms with van der Waals surface area (Å²) in [5.41, 5.74) is 0.816. The van der Waals surface area contributed by atoms with Crippen molar-refractivity contribution in [1.82, 2.24) is 5.32 Å². The van der Waals surface area contributed by atoms with Crippen LogP contribution in [0.25, 0.3) is 0 Å². The van der Waals surface area contributed by atoms with E-state index >= 15 is 0 Å². The zero-order chi connectivity index (χ0) is 16.9. The number of esters is 1. The third kappa shape index (κ3) is 10.1. The average molecular weight is 359 g/mol. The van der Waals surface area contributed by atoms with Crippen molar-refractivity contribution in [2.24, 2.45) is 0 Å². The number of carbonyl (C=O) groups is 2. The van der Waals surface area contributed by atoms with Crippen LogP contribution >= 0.6 is 21.6 Å². The van der Waals surface area contributed by atoms with Gasteiger partial charge in [-0.3, -0.25) is 4.79 Å². The molecule has 0 unspecified atom stereocenters. The molecule has 0 saturated carbocycles. The van der Waals surface area contributed by atoms with Gasteiger partial charge in [0.05, 0.1) is 0 Å². The summed E-state index contributed by atoms with van der Waals surface area (Å²) in [5, 5.41) is 3.06. The van der Waals surface area contributed by atoms with Crippen LogP contribution in [0.15, 0.2) is 24.3 Å². The van der Waals surface area contributed by atoms with Crippen LogP contribution in [0, 0.1) is 0 Å². The van der Waals surface area contributed by atoms with Crippen molar-refractivity contribution in [3.05, 3.63) is 29.8 Å². The Labute approximate surface area is 144 Å². The second-order valence-corrected chi connectivity index (χ2v) is 7.07. The number of hydrogen-bond acceptors (Lipinski definition) is 8. The molecule has 0 radical (unpaired) electrons. The highest BCUT2D eigenvalue weighted by Gasteiger charge is 2.06. The van der Waals surface area contributed by atoms with Crippen molar-refractivity contribution >= 4 is 33.7 Å². The van der Waals surface area contributed by atoms with Gasteiger partial charge >= 0.3 is 12.1 Å². The lowest BCUT2D eigenvalue weighted by molar-refractivity contribution is -0.142. The molecule has 6 nitrogen and oxygen atoms in total. The summed E-state index contributed by atoms with van der Waals surface area (Å²) in [6.07, 6.45) is -0.724. The van der Waals surface area contributed by atoms with Crippen molar-refractivity contribution in [2.45, 2.75) is 13.5 Å². The molecule has 128 valence electrons. The molecule has 0 aliphatic carbocycles. The van der Waals surface area contributed by atoms with Gasteiger partial charge in [0.2, 0.25) is 0 Å². The molecule has 23 heavy (non-hydrogen) atoms. The van der Waals surface area contributed by atoms with Gasteiger partial charge in [0, 0.05) is 25.0 Å². The Kier molecular flexibility index (Phi) is 10.3. The van der Waals surface area contributed by atoms with E-state index in [1.807, 2.05) is 7.05 Å². The van der Waals surface area contributed by atoms with E-state index in [1.165, 1.54) is 6.92 Å². The van der Waals surface area contributed by atoms with Crippen molar-refractivity contribution in [2.75, 3.05) is 31.7 Å². The molecule has 0 fully saturated rings. The third-order valence-electron chi connectivity index (χ3n) is 2.47. The van der Waals surface area contributed by atoms with Crippen molar-refractivity contribution in [3.8, 4) is 5.75 Å². The van der Waals surface area contributed by atoms with Gasteiger partial charge in [-0.1, -0.05) is 33.7 Å². The van der Waals surface area contributed by atoms with E-state index in [-0.39, 0.29) is 12.6 Å². The Bertz CT molecular complexity index is 481. The second-order valence-electron chi connectivity index (χ2n) is 4.37. The van der Waals surface area contributed by atoms with Crippen LogP contribution < -0.4 is 10.1 Å². The number of nitrogens with one attached hydrogen (secondary N) is 1. The van der Waals surface area contributed by atoms with Gasteiger partial charge in [-0.15, -0.1) is 0 Å². The largest absolute Gasteiger partial charge is 0.513 e. The summed E-state index contributed by atoms with van der Waals surface area (Å²) in [6, 6.07) is 6.70. The lowest BCUT2D eigenvalue weighted by Crippen LogP contribution is -2.12. The van der Waals surface area contributed by atoms with Crippen molar-refractivity contribution in [1.29, 1.82) is 0 Å². The Morgan fingerprint density at radius 1 is 1.09 bits per heavy atom. The van der Waals surface area contributed by atoms with Gasteiger partial charge in [0.15, 0.2) is 0 Å². The van der Waals surface area contributed by atoms with E-state index in [2.05, 4.69) is 5.32 Å². The highest BCUT2D eigenvalue weighted by atomic mass is 33.1. The summed E-state index contributed by atoms with van der Waals surface area (Å²) >= 11 is 0. The Morgan fingerprint density at radius 2 is 1.78 bits per heavy atom. The van der Waals surface area contributed by atoms with Crippen LogP contribution in [0.2, 0.25) is 0 Å². The van der Waals surface area contributed by atoms with E-state index in [1.54, 1.807) is 45.9 Å². The normalized spacial score (nSPS) is 10.2. The van der Waals surface area contributed by atoms with Crippen LogP contribution in [-0.4, -0.2) is 43.8 Å². The number of ether oxygens (including phenoxy) is 3. The first-order valence-electron chi connectivity index (χ1n) is 7.07. The monoisotopic (exact) mass is 359 g/mol. The predicted molar refractivity (Wildman–Crippen MR) is 92.7 cm³/mol. The maximum absolute atomic E-state index is 11.5. The molecule has 1 rings (SSSR count). The minimum atomic E-state index is -0.724. The Morgan fingerprint density at radius 3 is 2.43 bits per heavy atom. The van der Waals surface area contributed by atoms with Gasteiger partial charge in [-0.05, 0) is 24.7 Å². The molecule has 0 amide bonds. The quantitative estimate of drug-likeness (QED) is 0.296. The summed E-state index contributed by atoms with van der Waals surface area (Å²) in [6.45, 7) is 2.81. The van der Waals surface area contributed by atoms with Crippen LogP contribution in [0.3, 0.4) is 0 Å². The van der Waals surface area contributed by atoms with Crippen LogP contribution in [-0.2, 0) is 20.9 Å². The van der Waals surface area contributed by atoms with Crippen molar-refractivity contribution < 1.29 is 23.8 Å². The predicted octanol–water partition coefficient (Wildman–Crippen LogP) is 2.87. The summed E-state index contributed by atoms with van der Waals surface area (Å²) < 4.78 is 14.9. The van der Waals surface area contributed by atoms with Gasteiger partial charge in [0.25, 0.3) is 0 Å². The molecule has 8 heteroatoms. The van der Waals surface area contributed by atoms with Gasteiger partial charge < -0.3 is 19.5 Å². The Balaban J connectivity index is 2.17. The average Bonchev–Trinajstić information content (AvgIpc) is 2.53. The zero-order valence-electron chi connectivity index (χ0n) is 13.2. The molecule has 0 aliphatic heterocycles. The van der Waals surface area contributed by atoms with Gasteiger partial charge in [-0.25, -0.2) is 4.79 Å². The SMILES string of the molecule is CNCCSSCCOC(=O)Oc1ccc(COC(C)=O)cc1. The molecule has 0 atom stereocenters. The number of carbonyl (C=O) groups excluding carboxylic acids is 2. The molecular formula is C15H21NO5S2. The summed E-state index contributed by atoms with van der Waals surface area (Å²) in [7, 11) is 5.29. The molecule has 0 aromatic heterocycles. The van der Waals surface area contributed by atoms with Crippen LogP contribution in [0.4, 0.5) is 4.79 Å². The molecule has 1 aromatic carbocycles. The van der Waals surface area contributed by atoms with E-state index in [0.29, 0.717) is 18.1 Å². The first-order valence-corrected chi connectivity index (χ1v) is 9.56. The number of rotatable bonds is 10. The standard InChI is InChI=1S/C15H21NO5S2/c1-12(17)20-11-13-3-5-14(6-4-13)21-15(18)19-8-10-23-22-9-7-16-2/h3-6,16H,7-11H2,1-2H3.